The molecule has 0 aromatic carbocycles. The normalized spacial score (nSPS) is 18.9. The van der Waals surface area contributed by atoms with Gasteiger partial charge in [-0.25, -0.2) is 4.79 Å². The maximum atomic E-state index is 11.9. The van der Waals surface area contributed by atoms with Gasteiger partial charge in [0, 0.05) is 32.7 Å². The lowest BCUT2D eigenvalue weighted by molar-refractivity contribution is -0.0185. The number of nitrogens with zero attached hydrogens (tertiary/aromatic N) is 2. The summed E-state index contributed by atoms with van der Waals surface area (Å²) >= 11 is 0. The summed E-state index contributed by atoms with van der Waals surface area (Å²) in [6.45, 7) is 13.2. The van der Waals surface area contributed by atoms with Gasteiger partial charge < -0.3 is 19.5 Å². The average molecular weight is 302 g/mol. The summed E-state index contributed by atoms with van der Waals surface area (Å²) in [6, 6.07) is 0. The number of aliphatic hydroxyl groups excluding tert-OH is 1. The number of hydrogen-bond acceptors (Lipinski definition) is 5. The summed E-state index contributed by atoms with van der Waals surface area (Å²) in [7, 11) is 0. The Balaban J connectivity index is 2.27. The van der Waals surface area contributed by atoms with Gasteiger partial charge in [-0.1, -0.05) is 0 Å². The fraction of sp³-hybridized carbons (Fsp3) is 0.933. The second-order valence-corrected chi connectivity index (χ2v) is 6.80. The average Bonchev–Trinajstić information content (AvgIpc) is 2.35. The van der Waals surface area contributed by atoms with Crippen LogP contribution in [0.2, 0.25) is 0 Å². The highest BCUT2D eigenvalue weighted by Crippen LogP contribution is 2.12. The van der Waals surface area contributed by atoms with E-state index in [2.05, 4.69) is 4.90 Å². The van der Waals surface area contributed by atoms with Gasteiger partial charge in [-0.15, -0.1) is 0 Å². The molecule has 1 unspecified atom stereocenters. The SMILES string of the molecule is CC(C)OCC(O)CN1CCN(C(=O)OC(C)(C)C)CC1. The number of ether oxygens (including phenoxy) is 2. The molecule has 1 fully saturated rings. The van der Waals surface area contributed by atoms with Crippen LogP contribution < -0.4 is 0 Å². The van der Waals surface area contributed by atoms with E-state index in [1.807, 2.05) is 34.6 Å². The molecule has 1 saturated heterocycles. The van der Waals surface area contributed by atoms with Crippen LogP contribution in [0.5, 0.6) is 0 Å². The Kier molecular flexibility index (Phi) is 6.90. The zero-order chi connectivity index (χ0) is 16.0. The Morgan fingerprint density at radius 1 is 1.19 bits per heavy atom. The first-order valence-electron chi connectivity index (χ1n) is 7.67. The maximum Gasteiger partial charge on any atom is 0.410 e. The van der Waals surface area contributed by atoms with Crippen molar-refractivity contribution >= 4 is 6.09 Å². The Labute approximate surface area is 128 Å². The van der Waals surface area contributed by atoms with Crippen molar-refractivity contribution in [2.75, 3.05) is 39.3 Å². The van der Waals surface area contributed by atoms with E-state index >= 15 is 0 Å². The number of carbonyl (C=O) groups is 1. The molecule has 6 nitrogen and oxygen atoms in total. The first-order valence-corrected chi connectivity index (χ1v) is 7.67. The maximum absolute atomic E-state index is 11.9. The van der Waals surface area contributed by atoms with Crippen molar-refractivity contribution in [3.63, 3.8) is 0 Å². The second kappa shape index (κ2) is 7.96. The minimum absolute atomic E-state index is 0.128. The molecule has 1 aliphatic rings. The summed E-state index contributed by atoms with van der Waals surface area (Å²) in [5.74, 6) is 0. The molecule has 1 rings (SSSR count). The highest BCUT2D eigenvalue weighted by Gasteiger charge is 2.26. The first kappa shape index (κ1) is 18.2. The van der Waals surface area contributed by atoms with E-state index in [4.69, 9.17) is 9.47 Å². The molecule has 0 aliphatic carbocycles. The number of carbonyl (C=O) groups excluding carboxylic acids is 1. The number of rotatable bonds is 5. The van der Waals surface area contributed by atoms with Crippen LogP contribution in [0.15, 0.2) is 0 Å². The zero-order valence-corrected chi connectivity index (χ0v) is 14.0. The van der Waals surface area contributed by atoms with Crippen molar-refractivity contribution in [1.82, 2.24) is 9.80 Å². The minimum Gasteiger partial charge on any atom is -0.444 e. The monoisotopic (exact) mass is 302 g/mol. The molecule has 1 aliphatic heterocycles. The Morgan fingerprint density at radius 2 is 1.76 bits per heavy atom. The third kappa shape index (κ3) is 7.64. The smallest absolute Gasteiger partial charge is 0.410 e. The Morgan fingerprint density at radius 3 is 2.24 bits per heavy atom. The van der Waals surface area contributed by atoms with Gasteiger partial charge in [-0.05, 0) is 34.6 Å². The molecule has 1 N–H and O–H groups in total. The number of hydrogen-bond donors (Lipinski definition) is 1. The van der Waals surface area contributed by atoms with E-state index < -0.39 is 11.7 Å². The predicted molar refractivity (Wildman–Crippen MR) is 81.3 cm³/mol. The van der Waals surface area contributed by atoms with Crippen molar-refractivity contribution in [3.8, 4) is 0 Å². The fourth-order valence-electron chi connectivity index (χ4n) is 2.09. The van der Waals surface area contributed by atoms with Crippen molar-refractivity contribution in [2.45, 2.75) is 52.4 Å². The van der Waals surface area contributed by atoms with Crippen LogP contribution in [-0.2, 0) is 9.47 Å². The molecule has 0 radical (unpaired) electrons. The largest absolute Gasteiger partial charge is 0.444 e. The van der Waals surface area contributed by atoms with Crippen LogP contribution in [0.25, 0.3) is 0 Å². The Hall–Kier alpha value is -0.850. The zero-order valence-electron chi connectivity index (χ0n) is 14.0. The summed E-state index contributed by atoms with van der Waals surface area (Å²) in [4.78, 5) is 15.8. The van der Waals surface area contributed by atoms with Crippen LogP contribution in [0.3, 0.4) is 0 Å². The number of β-amino-alcohol motifs (C(OH)–C–C–N with tert-alkyl or cyclic N) is 1. The second-order valence-electron chi connectivity index (χ2n) is 6.80. The van der Waals surface area contributed by atoms with Crippen LogP contribution >= 0.6 is 0 Å². The van der Waals surface area contributed by atoms with Crippen LogP contribution in [0.4, 0.5) is 4.79 Å². The third-order valence-corrected chi connectivity index (χ3v) is 3.11. The van der Waals surface area contributed by atoms with E-state index in [0.717, 1.165) is 13.1 Å². The van der Waals surface area contributed by atoms with Gasteiger partial charge in [0.2, 0.25) is 0 Å². The quantitative estimate of drug-likeness (QED) is 0.830. The fourth-order valence-corrected chi connectivity index (χ4v) is 2.09. The highest BCUT2D eigenvalue weighted by molar-refractivity contribution is 5.68. The molecule has 124 valence electrons. The Bertz CT molecular complexity index is 320. The van der Waals surface area contributed by atoms with Gasteiger partial charge in [0.25, 0.3) is 0 Å². The van der Waals surface area contributed by atoms with Gasteiger partial charge in [0.05, 0.1) is 18.8 Å². The lowest BCUT2D eigenvalue weighted by Gasteiger charge is -2.36. The molecule has 1 amide bonds. The van der Waals surface area contributed by atoms with Crippen molar-refractivity contribution in [3.05, 3.63) is 0 Å². The highest BCUT2D eigenvalue weighted by atomic mass is 16.6. The first-order chi connectivity index (χ1) is 9.67. The number of amides is 1. The van der Waals surface area contributed by atoms with Crippen molar-refractivity contribution in [2.24, 2.45) is 0 Å². The van der Waals surface area contributed by atoms with Gasteiger partial charge in [-0.2, -0.15) is 0 Å². The lowest BCUT2D eigenvalue weighted by Crippen LogP contribution is -2.51. The molecule has 1 heterocycles. The van der Waals surface area contributed by atoms with Crippen LogP contribution in [0, 0.1) is 0 Å². The van der Waals surface area contributed by atoms with Gasteiger partial charge >= 0.3 is 6.09 Å². The molecule has 0 aromatic heterocycles. The number of piperazine rings is 1. The molecular weight excluding hydrogens is 272 g/mol. The summed E-state index contributed by atoms with van der Waals surface area (Å²) in [5.41, 5.74) is -0.460. The van der Waals surface area contributed by atoms with Gasteiger partial charge in [0.1, 0.15) is 5.60 Å². The predicted octanol–water partition coefficient (Wildman–Crippen LogP) is 1.32. The molecule has 6 heteroatoms. The van der Waals surface area contributed by atoms with Crippen LogP contribution in [-0.4, -0.2) is 78.1 Å². The van der Waals surface area contributed by atoms with Crippen molar-refractivity contribution < 1.29 is 19.4 Å². The summed E-state index contributed by atoms with van der Waals surface area (Å²) in [5, 5.41) is 9.91. The number of aliphatic hydroxyl groups is 1. The van der Waals surface area contributed by atoms with E-state index in [-0.39, 0.29) is 12.2 Å². The molecule has 0 saturated carbocycles. The van der Waals surface area contributed by atoms with Crippen LogP contribution in [0.1, 0.15) is 34.6 Å². The van der Waals surface area contributed by atoms with E-state index in [1.54, 1.807) is 4.90 Å². The molecule has 1 atom stereocenters. The molecular formula is C15H30N2O4. The van der Waals surface area contributed by atoms with E-state index in [0.29, 0.717) is 26.2 Å². The van der Waals surface area contributed by atoms with Gasteiger partial charge in [-0.3, -0.25) is 4.90 Å². The third-order valence-electron chi connectivity index (χ3n) is 3.11. The topological polar surface area (TPSA) is 62.2 Å². The molecule has 0 spiro atoms. The van der Waals surface area contributed by atoms with Crippen molar-refractivity contribution in [1.29, 1.82) is 0 Å². The summed E-state index contributed by atoms with van der Waals surface area (Å²) < 4.78 is 10.8. The minimum atomic E-state index is -0.486. The van der Waals surface area contributed by atoms with E-state index in [9.17, 15) is 9.90 Å². The molecule has 21 heavy (non-hydrogen) atoms. The van der Waals surface area contributed by atoms with E-state index in [1.165, 1.54) is 0 Å². The molecule has 0 aromatic rings. The standard InChI is InChI=1S/C15H30N2O4/c1-12(2)20-11-13(18)10-16-6-8-17(9-7-16)14(19)21-15(3,4)5/h12-13,18H,6-11H2,1-5H3. The summed E-state index contributed by atoms with van der Waals surface area (Å²) in [6.07, 6.45) is -0.616. The lowest BCUT2D eigenvalue weighted by atomic mass is 10.2. The van der Waals surface area contributed by atoms with Gasteiger partial charge in [0.15, 0.2) is 0 Å². The molecule has 0 bridgehead atoms.